The Balaban J connectivity index is 1.82. The van der Waals surface area contributed by atoms with Gasteiger partial charge in [0.05, 0.1) is 29.7 Å². The van der Waals surface area contributed by atoms with E-state index in [9.17, 15) is 4.79 Å². The predicted molar refractivity (Wildman–Crippen MR) is 116 cm³/mol. The van der Waals surface area contributed by atoms with E-state index >= 15 is 0 Å². The summed E-state index contributed by atoms with van der Waals surface area (Å²) in [4.78, 5) is 13.0. The van der Waals surface area contributed by atoms with E-state index < -0.39 is 0 Å². The fourth-order valence-corrected chi connectivity index (χ4v) is 3.44. The number of carbonyl (C=O) groups excluding carboxylic acids is 1. The predicted octanol–water partition coefficient (Wildman–Crippen LogP) is 5.12. The fraction of sp³-hybridized carbons (Fsp3) is 0.304. The van der Waals surface area contributed by atoms with Gasteiger partial charge in [-0.05, 0) is 42.2 Å². The summed E-state index contributed by atoms with van der Waals surface area (Å²) in [6, 6.07) is 15.4. The van der Waals surface area contributed by atoms with Gasteiger partial charge in [-0.3, -0.25) is 4.79 Å². The van der Waals surface area contributed by atoms with E-state index in [0.29, 0.717) is 30.3 Å². The molecule has 1 N–H and O–H groups in total. The second kappa shape index (κ2) is 9.72. The number of amides is 1. The topological polar surface area (TPSA) is 56.1 Å². The van der Waals surface area contributed by atoms with Crippen LogP contribution in [0.1, 0.15) is 53.9 Å². The molecule has 0 bridgehead atoms. The Morgan fingerprint density at radius 2 is 1.93 bits per heavy atom. The summed E-state index contributed by atoms with van der Waals surface area (Å²) >= 11 is 6.13. The minimum absolute atomic E-state index is 0.113. The second-order valence-corrected chi connectivity index (χ2v) is 7.51. The zero-order chi connectivity index (χ0) is 20.8. The van der Waals surface area contributed by atoms with Crippen LogP contribution in [0.15, 0.2) is 54.7 Å². The Morgan fingerprint density at radius 3 is 2.62 bits per heavy atom. The maximum absolute atomic E-state index is 13.0. The molecule has 3 rings (SSSR count). The molecule has 0 aliphatic heterocycles. The number of carbonyl (C=O) groups is 1. The standard InChI is InChI=1S/C23H26ClN3O2/c1-4-29-15-18-9-6-5-8-17(18)13-25-23(28)21-14-26-27(22(21)16(2)3)20-11-7-10-19(24)12-20/h5-12,14,16H,4,13,15H2,1-3H3,(H,25,28). The lowest BCUT2D eigenvalue weighted by Crippen LogP contribution is -2.24. The van der Waals surface area contributed by atoms with Gasteiger partial charge in [0.25, 0.3) is 5.91 Å². The Morgan fingerprint density at radius 1 is 1.17 bits per heavy atom. The summed E-state index contributed by atoms with van der Waals surface area (Å²) in [5.41, 5.74) is 4.38. The Labute approximate surface area is 176 Å². The molecule has 3 aromatic rings. The molecule has 6 heteroatoms. The number of aromatic nitrogens is 2. The van der Waals surface area contributed by atoms with Crippen molar-refractivity contribution in [2.24, 2.45) is 0 Å². The van der Waals surface area contributed by atoms with Crippen LogP contribution in [0.25, 0.3) is 5.69 Å². The highest BCUT2D eigenvalue weighted by Crippen LogP contribution is 2.24. The van der Waals surface area contributed by atoms with Crippen molar-refractivity contribution < 1.29 is 9.53 Å². The Hall–Kier alpha value is -2.63. The molecular weight excluding hydrogens is 386 g/mol. The molecule has 1 aromatic heterocycles. The highest BCUT2D eigenvalue weighted by atomic mass is 35.5. The summed E-state index contributed by atoms with van der Waals surface area (Å²) in [6.45, 7) is 7.68. The smallest absolute Gasteiger partial charge is 0.255 e. The van der Waals surface area contributed by atoms with Crippen LogP contribution in [0.4, 0.5) is 0 Å². The van der Waals surface area contributed by atoms with Crippen molar-refractivity contribution in [3.63, 3.8) is 0 Å². The van der Waals surface area contributed by atoms with E-state index in [4.69, 9.17) is 16.3 Å². The lowest BCUT2D eigenvalue weighted by atomic mass is 10.0. The average Bonchev–Trinajstić information content (AvgIpc) is 3.17. The van der Waals surface area contributed by atoms with Gasteiger partial charge in [-0.1, -0.05) is 55.8 Å². The SMILES string of the molecule is CCOCc1ccccc1CNC(=O)c1cnn(-c2cccc(Cl)c2)c1C(C)C. The van der Waals surface area contributed by atoms with Crippen LogP contribution in [0, 0.1) is 0 Å². The van der Waals surface area contributed by atoms with Gasteiger partial charge < -0.3 is 10.1 Å². The van der Waals surface area contributed by atoms with Gasteiger partial charge in [0, 0.05) is 18.2 Å². The number of nitrogens with one attached hydrogen (secondary N) is 1. The zero-order valence-electron chi connectivity index (χ0n) is 17.0. The van der Waals surface area contributed by atoms with E-state index in [-0.39, 0.29) is 11.8 Å². The van der Waals surface area contributed by atoms with Crippen molar-refractivity contribution in [1.29, 1.82) is 0 Å². The highest BCUT2D eigenvalue weighted by Gasteiger charge is 2.21. The Kier molecular flexibility index (Phi) is 7.07. The second-order valence-electron chi connectivity index (χ2n) is 7.08. The van der Waals surface area contributed by atoms with Gasteiger partial charge in [0.2, 0.25) is 0 Å². The van der Waals surface area contributed by atoms with Crippen molar-refractivity contribution >= 4 is 17.5 Å². The molecule has 0 radical (unpaired) electrons. The molecule has 0 fully saturated rings. The first-order valence-corrected chi connectivity index (χ1v) is 10.2. The molecule has 0 aliphatic rings. The van der Waals surface area contributed by atoms with Gasteiger partial charge in [-0.2, -0.15) is 5.10 Å². The monoisotopic (exact) mass is 411 g/mol. The molecule has 0 saturated heterocycles. The van der Waals surface area contributed by atoms with Crippen molar-refractivity contribution in [2.75, 3.05) is 6.61 Å². The van der Waals surface area contributed by atoms with E-state index in [0.717, 1.165) is 22.5 Å². The highest BCUT2D eigenvalue weighted by molar-refractivity contribution is 6.30. The molecule has 0 aliphatic carbocycles. The third-order valence-electron chi connectivity index (χ3n) is 4.67. The first-order valence-electron chi connectivity index (χ1n) is 9.77. The summed E-state index contributed by atoms with van der Waals surface area (Å²) in [6.07, 6.45) is 1.62. The molecule has 2 aromatic carbocycles. The number of benzene rings is 2. The third kappa shape index (κ3) is 5.05. The maximum Gasteiger partial charge on any atom is 0.255 e. The van der Waals surface area contributed by atoms with Crippen molar-refractivity contribution in [3.8, 4) is 5.69 Å². The fourth-order valence-electron chi connectivity index (χ4n) is 3.26. The van der Waals surface area contributed by atoms with Gasteiger partial charge in [0.15, 0.2) is 0 Å². The summed E-state index contributed by atoms with van der Waals surface area (Å²) in [5.74, 6) is -0.0318. The molecule has 0 atom stereocenters. The van der Waals surface area contributed by atoms with Crippen LogP contribution in [0.5, 0.6) is 0 Å². The molecular formula is C23H26ClN3O2. The summed E-state index contributed by atoms with van der Waals surface area (Å²) in [7, 11) is 0. The summed E-state index contributed by atoms with van der Waals surface area (Å²) < 4.78 is 7.31. The molecule has 152 valence electrons. The first-order chi connectivity index (χ1) is 14.0. The number of nitrogens with zero attached hydrogens (tertiary/aromatic N) is 2. The minimum atomic E-state index is -0.145. The van der Waals surface area contributed by atoms with Crippen molar-refractivity contribution in [3.05, 3.63) is 82.1 Å². The quantitative estimate of drug-likeness (QED) is 0.560. The van der Waals surface area contributed by atoms with Crippen LogP contribution in [0.3, 0.4) is 0 Å². The lowest BCUT2D eigenvalue weighted by Gasteiger charge is -2.14. The normalized spacial score (nSPS) is 11.1. The van der Waals surface area contributed by atoms with Crippen molar-refractivity contribution in [2.45, 2.75) is 39.8 Å². The number of ether oxygens (including phenoxy) is 1. The molecule has 0 saturated carbocycles. The minimum Gasteiger partial charge on any atom is -0.377 e. The van der Waals surface area contributed by atoms with Crippen LogP contribution in [-0.2, 0) is 17.9 Å². The lowest BCUT2D eigenvalue weighted by molar-refractivity contribution is 0.0948. The van der Waals surface area contributed by atoms with E-state index in [1.165, 1.54) is 0 Å². The van der Waals surface area contributed by atoms with Gasteiger partial charge in [0.1, 0.15) is 0 Å². The van der Waals surface area contributed by atoms with E-state index in [2.05, 4.69) is 10.4 Å². The van der Waals surface area contributed by atoms with Crippen LogP contribution < -0.4 is 5.32 Å². The summed E-state index contributed by atoms with van der Waals surface area (Å²) in [5, 5.41) is 8.12. The van der Waals surface area contributed by atoms with Gasteiger partial charge in [-0.25, -0.2) is 4.68 Å². The first kappa shape index (κ1) is 21.1. The number of rotatable bonds is 8. The van der Waals surface area contributed by atoms with Crippen LogP contribution in [0.2, 0.25) is 5.02 Å². The zero-order valence-corrected chi connectivity index (χ0v) is 17.7. The van der Waals surface area contributed by atoms with E-state index in [1.807, 2.05) is 69.3 Å². The Bertz CT molecular complexity index is 982. The number of hydrogen-bond donors (Lipinski definition) is 1. The molecule has 0 unspecified atom stereocenters. The van der Waals surface area contributed by atoms with E-state index in [1.54, 1.807) is 10.9 Å². The largest absolute Gasteiger partial charge is 0.377 e. The molecule has 0 spiro atoms. The number of hydrogen-bond acceptors (Lipinski definition) is 3. The van der Waals surface area contributed by atoms with Crippen LogP contribution >= 0.6 is 11.6 Å². The third-order valence-corrected chi connectivity index (χ3v) is 4.91. The molecule has 1 amide bonds. The van der Waals surface area contributed by atoms with Crippen molar-refractivity contribution in [1.82, 2.24) is 15.1 Å². The van der Waals surface area contributed by atoms with Crippen LogP contribution in [-0.4, -0.2) is 22.3 Å². The molecule has 1 heterocycles. The average molecular weight is 412 g/mol. The molecule has 29 heavy (non-hydrogen) atoms. The van der Waals surface area contributed by atoms with Gasteiger partial charge >= 0.3 is 0 Å². The molecule has 5 nitrogen and oxygen atoms in total. The number of halogens is 1. The maximum atomic E-state index is 13.0. The van der Waals surface area contributed by atoms with Gasteiger partial charge in [-0.15, -0.1) is 0 Å².